The Hall–Kier alpha value is -1.51. The molecule has 1 unspecified atom stereocenters. The number of carbonyl (C=O) groups is 1. The van der Waals surface area contributed by atoms with Crippen molar-refractivity contribution in [3.63, 3.8) is 0 Å². The number of aryl methyl sites for hydroxylation is 1. The van der Waals surface area contributed by atoms with Crippen LogP contribution in [0.15, 0.2) is 18.2 Å². The molecule has 0 saturated carbocycles. The molecule has 3 nitrogen and oxygen atoms in total. The summed E-state index contributed by atoms with van der Waals surface area (Å²) < 4.78 is 0. The molecule has 15 heavy (non-hydrogen) atoms. The summed E-state index contributed by atoms with van der Waals surface area (Å²) in [6.45, 7) is 3.71. The molecule has 0 radical (unpaired) electrons. The van der Waals surface area contributed by atoms with Gasteiger partial charge in [0.25, 0.3) is 0 Å². The van der Waals surface area contributed by atoms with Crippen molar-refractivity contribution >= 4 is 11.7 Å². The normalized spacial score (nSPS) is 12.3. The molecule has 0 amide bonds. The maximum Gasteiger partial charge on any atom is 0.310 e. The van der Waals surface area contributed by atoms with Crippen LogP contribution in [0.1, 0.15) is 24.0 Å². The molecule has 1 aromatic carbocycles. The molecular weight excluding hydrogens is 190 g/mol. The van der Waals surface area contributed by atoms with Crippen molar-refractivity contribution in [1.29, 1.82) is 0 Å². The molecule has 0 spiro atoms. The van der Waals surface area contributed by atoms with Crippen LogP contribution < -0.4 is 4.90 Å². The van der Waals surface area contributed by atoms with Gasteiger partial charge in [0.15, 0.2) is 0 Å². The Balaban J connectivity index is 3.22. The number of hydrogen-bond acceptors (Lipinski definition) is 2. The van der Waals surface area contributed by atoms with E-state index in [4.69, 9.17) is 5.11 Å². The molecule has 1 atom stereocenters. The van der Waals surface area contributed by atoms with Crippen LogP contribution in [0.5, 0.6) is 0 Å². The summed E-state index contributed by atoms with van der Waals surface area (Å²) in [5.74, 6) is -1.26. The molecule has 1 aromatic rings. The standard InChI is InChI=1S/C12H17NO2/c1-8-5-6-10(9(2)12(14)15)11(7-8)13(3)4/h5-7,9H,1-4H3,(H,14,15). The van der Waals surface area contributed by atoms with Gasteiger partial charge in [-0.05, 0) is 31.0 Å². The lowest BCUT2D eigenvalue weighted by molar-refractivity contribution is -0.138. The van der Waals surface area contributed by atoms with Crippen LogP contribution >= 0.6 is 0 Å². The topological polar surface area (TPSA) is 40.5 Å². The first-order valence-corrected chi connectivity index (χ1v) is 4.94. The third-order valence-corrected chi connectivity index (χ3v) is 2.50. The van der Waals surface area contributed by atoms with E-state index in [1.807, 2.05) is 44.1 Å². The fraction of sp³-hybridized carbons (Fsp3) is 0.417. The third kappa shape index (κ3) is 2.49. The summed E-state index contributed by atoms with van der Waals surface area (Å²) in [4.78, 5) is 12.9. The van der Waals surface area contributed by atoms with Gasteiger partial charge in [-0.25, -0.2) is 0 Å². The second-order valence-corrected chi connectivity index (χ2v) is 4.02. The molecule has 82 valence electrons. The van der Waals surface area contributed by atoms with E-state index in [0.29, 0.717) is 0 Å². The maximum absolute atomic E-state index is 10.9. The number of hydrogen-bond donors (Lipinski definition) is 1. The van der Waals surface area contributed by atoms with E-state index in [1.54, 1.807) is 6.92 Å². The zero-order valence-electron chi connectivity index (χ0n) is 9.61. The lowest BCUT2D eigenvalue weighted by atomic mass is 9.97. The van der Waals surface area contributed by atoms with Crippen LogP contribution in [0.4, 0.5) is 5.69 Å². The molecule has 3 heteroatoms. The first-order valence-electron chi connectivity index (χ1n) is 4.94. The van der Waals surface area contributed by atoms with Crippen molar-refractivity contribution in [2.24, 2.45) is 0 Å². The predicted octanol–water partition coefficient (Wildman–Crippen LogP) is 2.25. The Morgan fingerprint density at radius 3 is 2.47 bits per heavy atom. The SMILES string of the molecule is Cc1ccc(C(C)C(=O)O)c(N(C)C)c1. The molecule has 0 aliphatic heterocycles. The highest BCUT2D eigenvalue weighted by molar-refractivity contribution is 5.78. The number of anilines is 1. The number of rotatable bonds is 3. The summed E-state index contributed by atoms with van der Waals surface area (Å²) in [6.07, 6.45) is 0. The van der Waals surface area contributed by atoms with E-state index in [0.717, 1.165) is 16.8 Å². The van der Waals surface area contributed by atoms with Gasteiger partial charge in [-0.2, -0.15) is 0 Å². The summed E-state index contributed by atoms with van der Waals surface area (Å²) >= 11 is 0. The smallest absolute Gasteiger partial charge is 0.310 e. The Kier molecular flexibility index (Phi) is 3.35. The summed E-state index contributed by atoms with van der Waals surface area (Å²) in [6, 6.07) is 5.85. The van der Waals surface area contributed by atoms with Gasteiger partial charge < -0.3 is 10.0 Å². The van der Waals surface area contributed by atoms with Crippen molar-refractivity contribution in [2.45, 2.75) is 19.8 Å². The zero-order chi connectivity index (χ0) is 11.6. The third-order valence-electron chi connectivity index (χ3n) is 2.50. The minimum Gasteiger partial charge on any atom is -0.481 e. The molecule has 0 heterocycles. The summed E-state index contributed by atoms with van der Waals surface area (Å²) in [5, 5.41) is 8.99. The number of benzene rings is 1. The van der Waals surface area contributed by atoms with Gasteiger partial charge >= 0.3 is 5.97 Å². The van der Waals surface area contributed by atoms with E-state index in [9.17, 15) is 4.79 Å². The monoisotopic (exact) mass is 207 g/mol. The Morgan fingerprint density at radius 2 is 2.00 bits per heavy atom. The van der Waals surface area contributed by atoms with E-state index in [2.05, 4.69) is 0 Å². The van der Waals surface area contributed by atoms with Crippen LogP contribution in [-0.2, 0) is 4.79 Å². The molecule has 0 aliphatic carbocycles. The van der Waals surface area contributed by atoms with Gasteiger partial charge in [-0.3, -0.25) is 4.79 Å². The lowest BCUT2D eigenvalue weighted by Gasteiger charge is -2.20. The minimum atomic E-state index is -0.790. The Morgan fingerprint density at radius 1 is 1.40 bits per heavy atom. The fourth-order valence-electron chi connectivity index (χ4n) is 1.54. The van der Waals surface area contributed by atoms with E-state index in [1.165, 1.54) is 0 Å². The van der Waals surface area contributed by atoms with Crippen LogP contribution in [0, 0.1) is 6.92 Å². The minimum absolute atomic E-state index is 0.469. The van der Waals surface area contributed by atoms with Crippen LogP contribution in [0.3, 0.4) is 0 Å². The second kappa shape index (κ2) is 4.34. The highest BCUT2D eigenvalue weighted by Crippen LogP contribution is 2.27. The van der Waals surface area contributed by atoms with E-state index in [-0.39, 0.29) is 0 Å². The molecule has 0 saturated heterocycles. The van der Waals surface area contributed by atoms with Crippen molar-refractivity contribution < 1.29 is 9.90 Å². The van der Waals surface area contributed by atoms with E-state index >= 15 is 0 Å². The van der Waals surface area contributed by atoms with Gasteiger partial charge in [0.2, 0.25) is 0 Å². The number of aliphatic carboxylic acids is 1. The molecule has 0 fully saturated rings. The van der Waals surface area contributed by atoms with Crippen LogP contribution in [-0.4, -0.2) is 25.2 Å². The van der Waals surface area contributed by atoms with Gasteiger partial charge in [0.1, 0.15) is 0 Å². The highest BCUT2D eigenvalue weighted by atomic mass is 16.4. The van der Waals surface area contributed by atoms with Crippen molar-refractivity contribution in [2.75, 3.05) is 19.0 Å². The number of carboxylic acid groups (broad SMARTS) is 1. The number of carboxylic acids is 1. The van der Waals surface area contributed by atoms with Crippen molar-refractivity contribution in [1.82, 2.24) is 0 Å². The summed E-state index contributed by atoms with van der Waals surface area (Å²) in [7, 11) is 3.85. The van der Waals surface area contributed by atoms with Crippen LogP contribution in [0.2, 0.25) is 0 Å². The first-order chi connectivity index (χ1) is 6.93. The molecule has 1 N–H and O–H groups in total. The number of nitrogens with zero attached hydrogens (tertiary/aromatic N) is 1. The van der Waals surface area contributed by atoms with E-state index < -0.39 is 11.9 Å². The molecule has 0 aromatic heterocycles. The lowest BCUT2D eigenvalue weighted by Crippen LogP contribution is -2.16. The molecule has 1 rings (SSSR count). The molecule has 0 bridgehead atoms. The average Bonchev–Trinajstić information content (AvgIpc) is 2.16. The van der Waals surface area contributed by atoms with Gasteiger partial charge in [0.05, 0.1) is 5.92 Å². The Labute approximate surface area is 90.3 Å². The van der Waals surface area contributed by atoms with Crippen molar-refractivity contribution in [3.8, 4) is 0 Å². The fourth-order valence-corrected chi connectivity index (χ4v) is 1.54. The summed E-state index contributed by atoms with van der Waals surface area (Å²) in [5.41, 5.74) is 2.98. The second-order valence-electron chi connectivity index (χ2n) is 4.02. The highest BCUT2D eigenvalue weighted by Gasteiger charge is 2.18. The van der Waals surface area contributed by atoms with Crippen LogP contribution in [0.25, 0.3) is 0 Å². The molecular formula is C12H17NO2. The van der Waals surface area contributed by atoms with Gasteiger partial charge in [-0.1, -0.05) is 12.1 Å². The van der Waals surface area contributed by atoms with Crippen molar-refractivity contribution in [3.05, 3.63) is 29.3 Å². The van der Waals surface area contributed by atoms with Gasteiger partial charge in [-0.15, -0.1) is 0 Å². The largest absolute Gasteiger partial charge is 0.481 e. The van der Waals surface area contributed by atoms with Gasteiger partial charge in [0, 0.05) is 19.8 Å². The first kappa shape index (κ1) is 11.6. The zero-order valence-corrected chi connectivity index (χ0v) is 9.61. The Bertz CT molecular complexity index is 372. The molecule has 0 aliphatic rings. The average molecular weight is 207 g/mol. The maximum atomic E-state index is 10.9. The quantitative estimate of drug-likeness (QED) is 0.826. The predicted molar refractivity (Wildman–Crippen MR) is 61.6 cm³/mol.